The van der Waals surface area contributed by atoms with Crippen LogP contribution < -0.4 is 5.32 Å². The molecule has 0 saturated carbocycles. The monoisotopic (exact) mass is 228 g/mol. The van der Waals surface area contributed by atoms with E-state index in [0.29, 0.717) is 17.9 Å². The summed E-state index contributed by atoms with van der Waals surface area (Å²) in [6, 6.07) is 5.67. The van der Waals surface area contributed by atoms with Gasteiger partial charge in [-0.25, -0.2) is 0 Å². The number of aryl methyl sites for hydroxylation is 1. The van der Waals surface area contributed by atoms with Crippen molar-refractivity contribution in [1.82, 2.24) is 20.0 Å². The van der Waals surface area contributed by atoms with Crippen molar-refractivity contribution in [3.05, 3.63) is 35.8 Å². The molecule has 6 nitrogen and oxygen atoms in total. The van der Waals surface area contributed by atoms with Crippen molar-refractivity contribution in [3.8, 4) is 6.07 Å². The molecule has 86 valence electrons. The van der Waals surface area contributed by atoms with Gasteiger partial charge in [0.05, 0.1) is 11.8 Å². The van der Waals surface area contributed by atoms with Gasteiger partial charge in [0.1, 0.15) is 6.07 Å². The number of hydrogen-bond donors (Lipinski definition) is 1. The van der Waals surface area contributed by atoms with Crippen LogP contribution in [0.25, 0.3) is 0 Å². The zero-order valence-electron chi connectivity index (χ0n) is 9.46. The Kier molecular flexibility index (Phi) is 3.31. The maximum Gasteiger partial charge on any atom is 0.166 e. The number of hydrogen-bond acceptors (Lipinski definition) is 5. The third-order valence-corrected chi connectivity index (χ3v) is 2.44. The summed E-state index contributed by atoms with van der Waals surface area (Å²) in [6.07, 6.45) is 4.08. The molecule has 0 aliphatic heterocycles. The second-order valence-electron chi connectivity index (χ2n) is 3.53. The van der Waals surface area contributed by atoms with Gasteiger partial charge >= 0.3 is 0 Å². The van der Waals surface area contributed by atoms with Crippen molar-refractivity contribution >= 4 is 5.82 Å². The molecule has 2 heterocycles. The first kappa shape index (κ1) is 11.1. The summed E-state index contributed by atoms with van der Waals surface area (Å²) in [6.45, 7) is 0.687. The van der Waals surface area contributed by atoms with Gasteiger partial charge in [-0.05, 0) is 12.1 Å². The maximum atomic E-state index is 8.87. The molecule has 2 aromatic heterocycles. The highest BCUT2D eigenvalue weighted by Gasteiger charge is 2.03. The molecule has 17 heavy (non-hydrogen) atoms. The van der Waals surface area contributed by atoms with Gasteiger partial charge in [-0.3, -0.25) is 4.68 Å². The minimum Gasteiger partial charge on any atom is -0.367 e. The molecule has 0 bridgehead atoms. The van der Waals surface area contributed by atoms with E-state index in [2.05, 4.69) is 26.7 Å². The average Bonchev–Trinajstić information content (AvgIpc) is 2.76. The number of nitrogens with one attached hydrogen (secondary N) is 1. The first-order valence-electron chi connectivity index (χ1n) is 5.24. The summed E-state index contributed by atoms with van der Waals surface area (Å²) in [7, 11) is 1.90. The van der Waals surface area contributed by atoms with Gasteiger partial charge in [0.2, 0.25) is 0 Å². The fraction of sp³-hybridized carbons (Fsp3) is 0.273. The molecule has 0 aliphatic rings. The molecule has 0 atom stereocenters. The van der Waals surface area contributed by atoms with Crippen molar-refractivity contribution in [2.24, 2.45) is 7.05 Å². The van der Waals surface area contributed by atoms with Crippen molar-refractivity contribution in [1.29, 1.82) is 5.26 Å². The molecular weight excluding hydrogens is 216 g/mol. The molecule has 0 aliphatic carbocycles. The van der Waals surface area contributed by atoms with Gasteiger partial charge in [0.25, 0.3) is 0 Å². The summed E-state index contributed by atoms with van der Waals surface area (Å²) in [5, 5.41) is 23.7. The fourth-order valence-corrected chi connectivity index (χ4v) is 1.51. The van der Waals surface area contributed by atoms with Crippen molar-refractivity contribution in [2.45, 2.75) is 6.42 Å². The van der Waals surface area contributed by atoms with Crippen LogP contribution >= 0.6 is 0 Å². The molecule has 2 rings (SSSR count). The Morgan fingerprint density at radius 1 is 1.41 bits per heavy atom. The molecule has 0 unspecified atom stereocenters. The van der Waals surface area contributed by atoms with E-state index in [1.165, 1.54) is 6.20 Å². The average molecular weight is 228 g/mol. The number of aromatic nitrogens is 4. The summed E-state index contributed by atoms with van der Waals surface area (Å²) < 4.78 is 1.82. The first-order valence-corrected chi connectivity index (χ1v) is 5.24. The van der Waals surface area contributed by atoms with Crippen LogP contribution in [0.1, 0.15) is 11.3 Å². The van der Waals surface area contributed by atoms with Gasteiger partial charge in [-0.2, -0.15) is 15.5 Å². The molecule has 0 amide bonds. The lowest BCUT2D eigenvalue weighted by Gasteiger charge is -2.06. The number of nitriles is 1. The van der Waals surface area contributed by atoms with Gasteiger partial charge in [0, 0.05) is 31.9 Å². The van der Waals surface area contributed by atoms with Crippen molar-refractivity contribution in [2.75, 3.05) is 11.9 Å². The molecule has 1 N–H and O–H groups in total. The topological polar surface area (TPSA) is 79.4 Å². The van der Waals surface area contributed by atoms with E-state index in [1.54, 1.807) is 12.3 Å². The predicted octanol–water partition coefficient (Wildman–Crippen LogP) is 0.736. The first-order chi connectivity index (χ1) is 8.31. The summed E-state index contributed by atoms with van der Waals surface area (Å²) in [4.78, 5) is 0. The van der Waals surface area contributed by atoms with Crippen LogP contribution in [-0.2, 0) is 13.5 Å². The zero-order chi connectivity index (χ0) is 12.1. The van der Waals surface area contributed by atoms with Crippen LogP contribution in [0.4, 0.5) is 5.82 Å². The fourth-order valence-electron chi connectivity index (χ4n) is 1.51. The van der Waals surface area contributed by atoms with Crippen LogP contribution in [0, 0.1) is 11.3 Å². The van der Waals surface area contributed by atoms with Crippen LogP contribution in [0.3, 0.4) is 0 Å². The Hall–Kier alpha value is -2.42. The Labute approximate surface area is 98.9 Å². The second kappa shape index (κ2) is 5.07. The minimum atomic E-state index is 0.505. The highest BCUT2D eigenvalue weighted by molar-refractivity contribution is 5.50. The molecule has 0 spiro atoms. The van der Waals surface area contributed by atoms with Crippen LogP contribution in [0.15, 0.2) is 24.5 Å². The SMILES string of the molecule is Cn1nccc1CCNc1nnccc1C#N. The lowest BCUT2D eigenvalue weighted by atomic mass is 10.3. The number of anilines is 1. The second-order valence-corrected chi connectivity index (χ2v) is 3.53. The zero-order valence-corrected chi connectivity index (χ0v) is 9.46. The standard InChI is InChI=1S/C11H12N6/c1-17-10(4-7-15-17)3-5-13-11-9(8-12)2-6-14-16-11/h2,4,6-7H,3,5H2,1H3,(H,13,16). The number of rotatable bonds is 4. The van der Waals surface area contributed by atoms with Crippen molar-refractivity contribution < 1.29 is 0 Å². The molecule has 0 fully saturated rings. The largest absolute Gasteiger partial charge is 0.367 e. The molecule has 2 aromatic rings. The third kappa shape index (κ3) is 2.58. The van der Waals surface area contributed by atoms with E-state index in [1.807, 2.05) is 17.8 Å². The normalized spacial score (nSPS) is 9.88. The van der Waals surface area contributed by atoms with Gasteiger partial charge in [-0.15, -0.1) is 5.10 Å². The van der Waals surface area contributed by atoms with E-state index in [-0.39, 0.29) is 0 Å². The molecular formula is C11H12N6. The smallest absolute Gasteiger partial charge is 0.166 e. The van der Waals surface area contributed by atoms with E-state index >= 15 is 0 Å². The predicted molar refractivity (Wildman–Crippen MR) is 62.1 cm³/mol. The minimum absolute atomic E-state index is 0.505. The van der Waals surface area contributed by atoms with Crippen LogP contribution in [0.2, 0.25) is 0 Å². The van der Waals surface area contributed by atoms with Gasteiger partial charge in [0.15, 0.2) is 5.82 Å². The third-order valence-electron chi connectivity index (χ3n) is 2.44. The number of nitrogens with zero attached hydrogens (tertiary/aromatic N) is 5. The van der Waals surface area contributed by atoms with E-state index in [0.717, 1.165) is 12.1 Å². The summed E-state index contributed by atoms with van der Waals surface area (Å²) in [5.74, 6) is 0.525. The Morgan fingerprint density at radius 2 is 2.29 bits per heavy atom. The van der Waals surface area contributed by atoms with E-state index < -0.39 is 0 Å². The van der Waals surface area contributed by atoms with Crippen molar-refractivity contribution in [3.63, 3.8) is 0 Å². The molecule has 0 saturated heterocycles. The van der Waals surface area contributed by atoms with Crippen LogP contribution in [-0.4, -0.2) is 26.5 Å². The Morgan fingerprint density at radius 3 is 3.00 bits per heavy atom. The highest BCUT2D eigenvalue weighted by atomic mass is 15.3. The molecule has 0 aromatic carbocycles. The highest BCUT2D eigenvalue weighted by Crippen LogP contribution is 2.08. The summed E-state index contributed by atoms with van der Waals surface area (Å²) in [5.41, 5.74) is 1.63. The summed E-state index contributed by atoms with van der Waals surface area (Å²) >= 11 is 0. The van der Waals surface area contributed by atoms with Gasteiger partial charge in [-0.1, -0.05) is 0 Å². The van der Waals surface area contributed by atoms with E-state index in [4.69, 9.17) is 5.26 Å². The van der Waals surface area contributed by atoms with E-state index in [9.17, 15) is 0 Å². The maximum absolute atomic E-state index is 8.87. The quantitative estimate of drug-likeness (QED) is 0.834. The van der Waals surface area contributed by atoms with Gasteiger partial charge < -0.3 is 5.32 Å². The lowest BCUT2D eigenvalue weighted by molar-refractivity contribution is 0.710. The molecule has 6 heteroatoms. The van der Waals surface area contributed by atoms with Crippen LogP contribution in [0.5, 0.6) is 0 Å². The lowest BCUT2D eigenvalue weighted by Crippen LogP contribution is -2.10. The molecule has 0 radical (unpaired) electrons. The Bertz CT molecular complexity index is 539. The Balaban J connectivity index is 1.95.